The first kappa shape index (κ1) is 15.7. The molecule has 0 aliphatic carbocycles. The van der Waals surface area contributed by atoms with Gasteiger partial charge in [-0.25, -0.2) is 8.42 Å². The molecule has 1 aromatic heterocycles. The van der Waals surface area contributed by atoms with E-state index in [0.29, 0.717) is 24.4 Å². The number of aryl methyl sites for hydroxylation is 1. The predicted octanol–water partition coefficient (Wildman–Crippen LogP) is 1.21. The SMILES string of the molecule is Cc1cc(CNCC(O)c2ccc(S(C)(=O)=O)cc2)on1. The lowest BCUT2D eigenvalue weighted by Crippen LogP contribution is -2.20. The minimum Gasteiger partial charge on any atom is -0.387 e. The van der Waals surface area contributed by atoms with Crippen molar-refractivity contribution in [3.63, 3.8) is 0 Å². The molecule has 0 amide bonds. The van der Waals surface area contributed by atoms with E-state index >= 15 is 0 Å². The number of aliphatic hydroxyl groups excluding tert-OH is 1. The largest absolute Gasteiger partial charge is 0.387 e. The van der Waals surface area contributed by atoms with Crippen molar-refractivity contribution in [2.45, 2.75) is 24.5 Å². The summed E-state index contributed by atoms with van der Waals surface area (Å²) in [7, 11) is -3.21. The van der Waals surface area contributed by atoms with Crippen LogP contribution in [0.25, 0.3) is 0 Å². The van der Waals surface area contributed by atoms with Gasteiger partial charge in [-0.15, -0.1) is 0 Å². The van der Waals surface area contributed by atoms with E-state index < -0.39 is 15.9 Å². The Morgan fingerprint density at radius 3 is 2.52 bits per heavy atom. The van der Waals surface area contributed by atoms with Crippen molar-refractivity contribution >= 4 is 9.84 Å². The standard InChI is InChI=1S/C14H18N2O4S/c1-10-7-12(20-16-10)8-15-9-14(17)11-3-5-13(6-4-11)21(2,18)19/h3-7,14-15,17H,8-9H2,1-2H3. The van der Waals surface area contributed by atoms with Gasteiger partial charge in [-0.05, 0) is 24.6 Å². The van der Waals surface area contributed by atoms with Gasteiger partial charge in [0.1, 0.15) is 0 Å². The van der Waals surface area contributed by atoms with Gasteiger partial charge in [0.25, 0.3) is 0 Å². The maximum absolute atomic E-state index is 11.4. The Kier molecular flexibility index (Phi) is 4.76. The van der Waals surface area contributed by atoms with E-state index in [9.17, 15) is 13.5 Å². The molecule has 0 bridgehead atoms. The number of sulfone groups is 1. The van der Waals surface area contributed by atoms with Crippen LogP contribution in [-0.2, 0) is 16.4 Å². The van der Waals surface area contributed by atoms with E-state index in [1.165, 1.54) is 12.1 Å². The van der Waals surface area contributed by atoms with Crippen molar-refractivity contribution in [1.29, 1.82) is 0 Å². The summed E-state index contributed by atoms with van der Waals surface area (Å²) in [5.41, 5.74) is 1.47. The predicted molar refractivity (Wildman–Crippen MR) is 77.5 cm³/mol. The zero-order chi connectivity index (χ0) is 15.5. The first-order valence-electron chi connectivity index (χ1n) is 6.47. The minimum atomic E-state index is -3.21. The topological polar surface area (TPSA) is 92.4 Å². The molecule has 1 aromatic carbocycles. The molecule has 2 N–H and O–H groups in total. The number of hydrogen-bond donors (Lipinski definition) is 2. The second kappa shape index (κ2) is 6.38. The van der Waals surface area contributed by atoms with E-state index in [4.69, 9.17) is 4.52 Å². The molecular formula is C14H18N2O4S. The van der Waals surface area contributed by atoms with E-state index in [1.54, 1.807) is 12.1 Å². The Bertz CT molecular complexity index is 692. The highest BCUT2D eigenvalue weighted by molar-refractivity contribution is 7.90. The number of aliphatic hydroxyl groups is 1. The van der Waals surface area contributed by atoms with Gasteiger partial charge in [0, 0.05) is 18.9 Å². The average molecular weight is 310 g/mol. The zero-order valence-electron chi connectivity index (χ0n) is 11.9. The molecule has 2 aromatic rings. The molecule has 0 aliphatic heterocycles. The maximum atomic E-state index is 11.4. The molecule has 21 heavy (non-hydrogen) atoms. The van der Waals surface area contributed by atoms with Crippen LogP contribution in [0.15, 0.2) is 39.8 Å². The van der Waals surface area contributed by atoms with Crippen LogP contribution in [0.5, 0.6) is 0 Å². The normalized spacial score (nSPS) is 13.3. The third-order valence-electron chi connectivity index (χ3n) is 3.01. The van der Waals surface area contributed by atoms with Gasteiger partial charge in [0.15, 0.2) is 15.6 Å². The van der Waals surface area contributed by atoms with Crippen LogP contribution in [0.2, 0.25) is 0 Å². The van der Waals surface area contributed by atoms with Crippen molar-refractivity contribution in [2.24, 2.45) is 0 Å². The van der Waals surface area contributed by atoms with Gasteiger partial charge in [-0.2, -0.15) is 0 Å². The first-order chi connectivity index (χ1) is 9.86. The van der Waals surface area contributed by atoms with Gasteiger partial charge in [0.05, 0.1) is 23.2 Å². The van der Waals surface area contributed by atoms with Gasteiger partial charge >= 0.3 is 0 Å². The van der Waals surface area contributed by atoms with Crippen LogP contribution in [0.1, 0.15) is 23.1 Å². The van der Waals surface area contributed by atoms with Crippen molar-refractivity contribution < 1.29 is 18.0 Å². The second-order valence-electron chi connectivity index (χ2n) is 4.92. The van der Waals surface area contributed by atoms with Gasteiger partial charge in [-0.3, -0.25) is 0 Å². The highest BCUT2D eigenvalue weighted by atomic mass is 32.2. The number of hydrogen-bond acceptors (Lipinski definition) is 6. The summed E-state index contributed by atoms with van der Waals surface area (Å²) in [5, 5.41) is 16.9. The molecule has 0 aliphatic rings. The number of aromatic nitrogens is 1. The Morgan fingerprint density at radius 2 is 2.00 bits per heavy atom. The fraction of sp³-hybridized carbons (Fsp3) is 0.357. The maximum Gasteiger partial charge on any atom is 0.175 e. The third-order valence-corrected chi connectivity index (χ3v) is 4.14. The van der Waals surface area contributed by atoms with Crippen LogP contribution in [0.4, 0.5) is 0 Å². The summed E-state index contributed by atoms with van der Waals surface area (Å²) in [6, 6.07) is 8.03. The van der Waals surface area contributed by atoms with Crippen molar-refractivity contribution in [1.82, 2.24) is 10.5 Å². The average Bonchev–Trinajstić information content (AvgIpc) is 2.83. The minimum absolute atomic E-state index is 0.239. The second-order valence-corrected chi connectivity index (χ2v) is 6.94. The third kappa shape index (κ3) is 4.38. The molecular weight excluding hydrogens is 292 g/mol. The van der Waals surface area contributed by atoms with Crippen LogP contribution < -0.4 is 5.32 Å². The molecule has 114 valence electrons. The monoisotopic (exact) mass is 310 g/mol. The lowest BCUT2D eigenvalue weighted by atomic mass is 10.1. The molecule has 0 spiro atoms. The summed E-state index contributed by atoms with van der Waals surface area (Å²) in [4.78, 5) is 0.239. The molecule has 1 atom stereocenters. The van der Waals surface area contributed by atoms with E-state index in [1.807, 2.05) is 13.0 Å². The van der Waals surface area contributed by atoms with Gasteiger partial charge in [-0.1, -0.05) is 17.3 Å². The quantitative estimate of drug-likeness (QED) is 0.833. The van der Waals surface area contributed by atoms with Crippen molar-refractivity contribution in [2.75, 3.05) is 12.8 Å². The Labute approximate surface area is 123 Å². The number of nitrogens with zero attached hydrogens (tertiary/aromatic N) is 1. The molecule has 0 fully saturated rings. The van der Waals surface area contributed by atoms with Crippen LogP contribution in [0.3, 0.4) is 0 Å². The molecule has 7 heteroatoms. The lowest BCUT2D eigenvalue weighted by Gasteiger charge is -2.12. The molecule has 6 nitrogen and oxygen atoms in total. The number of rotatable bonds is 6. The summed E-state index contributed by atoms with van der Waals surface area (Å²) in [6.45, 7) is 2.64. The summed E-state index contributed by atoms with van der Waals surface area (Å²) < 4.78 is 27.8. The molecule has 0 radical (unpaired) electrons. The Hall–Kier alpha value is -1.70. The Balaban J connectivity index is 1.89. The molecule has 1 unspecified atom stereocenters. The summed E-state index contributed by atoms with van der Waals surface area (Å²) in [5.74, 6) is 0.701. The van der Waals surface area contributed by atoms with Crippen LogP contribution >= 0.6 is 0 Å². The van der Waals surface area contributed by atoms with Gasteiger partial charge in [0.2, 0.25) is 0 Å². The van der Waals surface area contributed by atoms with Crippen LogP contribution in [-0.4, -0.2) is 31.5 Å². The summed E-state index contributed by atoms with van der Waals surface area (Å²) >= 11 is 0. The van der Waals surface area contributed by atoms with Crippen LogP contribution in [0, 0.1) is 6.92 Å². The number of benzene rings is 1. The lowest BCUT2D eigenvalue weighted by molar-refractivity contribution is 0.173. The molecule has 2 rings (SSSR count). The van der Waals surface area contributed by atoms with E-state index in [0.717, 1.165) is 11.9 Å². The molecule has 0 saturated heterocycles. The first-order valence-corrected chi connectivity index (χ1v) is 8.36. The van der Waals surface area contributed by atoms with Crippen molar-refractivity contribution in [3.8, 4) is 0 Å². The van der Waals surface area contributed by atoms with Crippen molar-refractivity contribution in [3.05, 3.63) is 47.3 Å². The Morgan fingerprint density at radius 1 is 1.33 bits per heavy atom. The van der Waals surface area contributed by atoms with E-state index in [-0.39, 0.29) is 4.90 Å². The molecule has 0 saturated carbocycles. The van der Waals surface area contributed by atoms with Gasteiger partial charge < -0.3 is 14.9 Å². The highest BCUT2D eigenvalue weighted by Gasteiger charge is 2.11. The zero-order valence-corrected chi connectivity index (χ0v) is 12.7. The fourth-order valence-electron chi connectivity index (χ4n) is 1.89. The summed E-state index contributed by atoms with van der Waals surface area (Å²) in [6.07, 6.45) is 0.432. The highest BCUT2D eigenvalue weighted by Crippen LogP contribution is 2.16. The smallest absolute Gasteiger partial charge is 0.175 e. The van der Waals surface area contributed by atoms with E-state index in [2.05, 4.69) is 10.5 Å². The molecule has 1 heterocycles. The number of nitrogens with one attached hydrogen (secondary N) is 1. The fourth-order valence-corrected chi connectivity index (χ4v) is 2.52.